The van der Waals surface area contributed by atoms with Crippen LogP contribution in [0.4, 0.5) is 0 Å². The van der Waals surface area contributed by atoms with E-state index in [9.17, 15) is 9.59 Å². The van der Waals surface area contributed by atoms with Crippen molar-refractivity contribution in [2.45, 2.75) is 70.4 Å². The summed E-state index contributed by atoms with van der Waals surface area (Å²) in [5.74, 6) is 1.98. The highest BCUT2D eigenvalue weighted by molar-refractivity contribution is 5.91. The molecule has 1 fully saturated rings. The van der Waals surface area contributed by atoms with Gasteiger partial charge < -0.3 is 14.0 Å². The van der Waals surface area contributed by atoms with Crippen LogP contribution in [0.3, 0.4) is 0 Å². The molecule has 0 radical (unpaired) electrons. The van der Waals surface area contributed by atoms with Crippen LogP contribution in [0.25, 0.3) is 0 Å². The van der Waals surface area contributed by atoms with E-state index in [1.165, 1.54) is 6.42 Å². The van der Waals surface area contributed by atoms with Crippen LogP contribution in [0, 0.1) is 5.92 Å². The molecule has 29 heavy (non-hydrogen) atoms. The summed E-state index contributed by atoms with van der Waals surface area (Å²) < 4.78 is 4.06. The maximum absolute atomic E-state index is 13.5. The number of aryl methyl sites for hydroxylation is 1. The molecule has 2 aromatic heterocycles. The Bertz CT molecular complexity index is 978. The third kappa shape index (κ3) is 3.11. The molecule has 1 saturated heterocycles. The number of fused-ring (bicyclic) bond motifs is 5. The SMILES string of the molecule is CCC[C@H]1[C@H]2C[C@H](CN(C(=O)c3nnc4n3CCCCC4)C2)c2cccc(=O)n21. The van der Waals surface area contributed by atoms with E-state index >= 15 is 0 Å². The van der Waals surface area contributed by atoms with Crippen LogP contribution < -0.4 is 5.56 Å². The zero-order valence-corrected chi connectivity index (χ0v) is 17.1. The van der Waals surface area contributed by atoms with Gasteiger partial charge in [0.2, 0.25) is 5.82 Å². The van der Waals surface area contributed by atoms with E-state index in [2.05, 4.69) is 23.2 Å². The molecule has 3 atom stereocenters. The summed E-state index contributed by atoms with van der Waals surface area (Å²) in [6.45, 7) is 4.35. The van der Waals surface area contributed by atoms with Crippen LogP contribution >= 0.6 is 0 Å². The van der Waals surface area contributed by atoms with Gasteiger partial charge in [0.25, 0.3) is 11.5 Å². The summed E-state index contributed by atoms with van der Waals surface area (Å²) in [5, 5.41) is 8.61. The van der Waals surface area contributed by atoms with Crippen molar-refractivity contribution in [3.8, 4) is 0 Å². The standard InChI is InChI=1S/C22H29N5O2/c1-2-7-17-15-12-16(18-8-6-10-20(28)27(17)18)14-25(13-15)22(29)21-24-23-19-9-4-3-5-11-26(19)21/h6,8,10,15-17H,2-5,7,9,11-14H2,1H3/t15-,16+,17-/m0/s1. The number of piperidine rings is 1. The minimum atomic E-state index is 0.00215. The molecule has 0 unspecified atom stereocenters. The smallest absolute Gasteiger partial charge is 0.291 e. The van der Waals surface area contributed by atoms with Crippen LogP contribution in [-0.4, -0.2) is 43.2 Å². The topological polar surface area (TPSA) is 73.0 Å². The second-order valence-corrected chi connectivity index (χ2v) is 8.82. The van der Waals surface area contributed by atoms with Gasteiger partial charge in [-0.25, -0.2) is 0 Å². The predicted octanol–water partition coefficient (Wildman–Crippen LogP) is 2.77. The molecule has 5 heterocycles. The lowest BCUT2D eigenvalue weighted by atomic mass is 9.77. The van der Waals surface area contributed by atoms with Gasteiger partial charge in [0.05, 0.1) is 0 Å². The number of hydrogen-bond acceptors (Lipinski definition) is 4. The highest BCUT2D eigenvalue weighted by atomic mass is 16.2. The first-order valence-corrected chi connectivity index (χ1v) is 11.1. The monoisotopic (exact) mass is 395 g/mol. The van der Waals surface area contributed by atoms with Gasteiger partial charge in [-0.3, -0.25) is 9.59 Å². The van der Waals surface area contributed by atoms with E-state index in [4.69, 9.17) is 0 Å². The molecule has 2 aromatic rings. The number of rotatable bonds is 3. The van der Waals surface area contributed by atoms with Gasteiger partial charge in [-0.15, -0.1) is 10.2 Å². The van der Waals surface area contributed by atoms with Crippen molar-refractivity contribution in [3.05, 3.63) is 45.9 Å². The normalized spacial score (nSPS) is 25.8. The summed E-state index contributed by atoms with van der Waals surface area (Å²) in [4.78, 5) is 28.1. The van der Waals surface area contributed by atoms with Gasteiger partial charge in [0.15, 0.2) is 0 Å². The minimum absolute atomic E-state index is 0.00215. The quantitative estimate of drug-likeness (QED) is 0.801. The number of hydrogen-bond donors (Lipinski definition) is 0. The number of aromatic nitrogens is 4. The Hall–Kier alpha value is -2.44. The lowest BCUT2D eigenvalue weighted by Gasteiger charge is -2.47. The molecular formula is C22H29N5O2. The van der Waals surface area contributed by atoms with Crippen molar-refractivity contribution in [3.63, 3.8) is 0 Å². The van der Waals surface area contributed by atoms with Gasteiger partial charge in [-0.2, -0.15) is 0 Å². The number of carbonyl (C=O) groups is 1. The predicted molar refractivity (Wildman–Crippen MR) is 109 cm³/mol. The minimum Gasteiger partial charge on any atom is -0.335 e. The Balaban J connectivity index is 1.47. The zero-order chi connectivity index (χ0) is 20.0. The molecular weight excluding hydrogens is 366 g/mol. The number of carbonyl (C=O) groups excluding carboxylic acids is 1. The van der Waals surface area contributed by atoms with Crippen LogP contribution in [0.2, 0.25) is 0 Å². The average molecular weight is 396 g/mol. The number of amides is 1. The maximum Gasteiger partial charge on any atom is 0.291 e. The Morgan fingerprint density at radius 3 is 2.93 bits per heavy atom. The summed E-state index contributed by atoms with van der Waals surface area (Å²) in [6, 6.07) is 5.77. The van der Waals surface area contributed by atoms with E-state index in [0.29, 0.717) is 24.8 Å². The maximum atomic E-state index is 13.5. The Morgan fingerprint density at radius 2 is 2.07 bits per heavy atom. The van der Waals surface area contributed by atoms with Crippen molar-refractivity contribution in [1.82, 2.24) is 24.2 Å². The average Bonchev–Trinajstić information content (AvgIpc) is 2.98. The first-order valence-electron chi connectivity index (χ1n) is 11.1. The van der Waals surface area contributed by atoms with E-state index in [1.807, 2.05) is 20.1 Å². The van der Waals surface area contributed by atoms with E-state index in [1.54, 1.807) is 6.07 Å². The van der Waals surface area contributed by atoms with Gasteiger partial charge in [-0.05, 0) is 37.7 Å². The van der Waals surface area contributed by atoms with E-state index in [-0.39, 0.29) is 23.4 Å². The summed E-state index contributed by atoms with van der Waals surface area (Å²) in [7, 11) is 0. The molecule has 3 aliphatic rings. The van der Waals surface area contributed by atoms with Crippen LogP contribution in [0.5, 0.6) is 0 Å². The van der Waals surface area contributed by atoms with Gasteiger partial charge >= 0.3 is 0 Å². The van der Waals surface area contributed by atoms with Gasteiger partial charge in [-0.1, -0.05) is 25.8 Å². The molecule has 0 spiro atoms. The molecule has 5 rings (SSSR count). The number of pyridine rings is 1. The summed E-state index contributed by atoms with van der Waals surface area (Å²) in [6.07, 6.45) is 7.32. The van der Waals surface area contributed by atoms with Crippen molar-refractivity contribution in [2.24, 2.45) is 5.92 Å². The van der Waals surface area contributed by atoms with Crippen molar-refractivity contribution in [2.75, 3.05) is 13.1 Å². The number of nitrogens with zero attached hydrogens (tertiary/aromatic N) is 5. The van der Waals surface area contributed by atoms with Gasteiger partial charge in [0.1, 0.15) is 5.82 Å². The van der Waals surface area contributed by atoms with Gasteiger partial charge in [0, 0.05) is 49.8 Å². The highest BCUT2D eigenvalue weighted by Crippen LogP contribution is 2.43. The van der Waals surface area contributed by atoms with Crippen molar-refractivity contribution in [1.29, 1.82) is 0 Å². The Labute approximate surface area is 170 Å². The highest BCUT2D eigenvalue weighted by Gasteiger charge is 2.42. The fourth-order valence-corrected chi connectivity index (χ4v) is 5.66. The first-order chi connectivity index (χ1) is 14.2. The third-order valence-electron chi connectivity index (χ3n) is 6.97. The van der Waals surface area contributed by atoms with E-state index < -0.39 is 0 Å². The first kappa shape index (κ1) is 18.6. The van der Waals surface area contributed by atoms with Crippen LogP contribution in [0.15, 0.2) is 23.0 Å². The Kier molecular flexibility index (Phi) is 4.76. The molecule has 7 heteroatoms. The summed E-state index contributed by atoms with van der Waals surface area (Å²) in [5.41, 5.74) is 1.18. The van der Waals surface area contributed by atoms with E-state index in [0.717, 1.165) is 56.6 Å². The second kappa shape index (κ2) is 7.43. The number of likely N-dealkylation sites (tertiary alicyclic amines) is 1. The van der Waals surface area contributed by atoms with Crippen molar-refractivity contribution < 1.29 is 4.79 Å². The molecule has 0 aliphatic carbocycles. The fraction of sp³-hybridized carbons (Fsp3) is 0.636. The Morgan fingerprint density at radius 1 is 1.17 bits per heavy atom. The largest absolute Gasteiger partial charge is 0.335 e. The molecule has 7 nitrogen and oxygen atoms in total. The molecule has 0 aromatic carbocycles. The molecule has 2 bridgehead atoms. The molecule has 0 saturated carbocycles. The molecule has 3 aliphatic heterocycles. The molecule has 0 N–H and O–H groups in total. The lowest BCUT2D eigenvalue weighted by molar-refractivity contribution is 0.0502. The fourth-order valence-electron chi connectivity index (χ4n) is 5.66. The third-order valence-corrected chi connectivity index (χ3v) is 6.97. The van der Waals surface area contributed by atoms with Crippen LogP contribution in [0.1, 0.15) is 79.5 Å². The molecule has 154 valence electrons. The molecule has 1 amide bonds. The van der Waals surface area contributed by atoms with Crippen molar-refractivity contribution >= 4 is 5.91 Å². The summed E-state index contributed by atoms with van der Waals surface area (Å²) >= 11 is 0. The van der Waals surface area contributed by atoms with Crippen LogP contribution in [-0.2, 0) is 13.0 Å². The second-order valence-electron chi connectivity index (χ2n) is 8.82. The lowest BCUT2D eigenvalue weighted by Crippen LogP contribution is -2.51. The zero-order valence-electron chi connectivity index (χ0n) is 17.1.